The predicted octanol–water partition coefficient (Wildman–Crippen LogP) is 3.33. The second-order valence-corrected chi connectivity index (χ2v) is 6.26. The van der Waals surface area contributed by atoms with E-state index < -0.39 is 5.91 Å². The Morgan fingerprint density at radius 2 is 2.04 bits per heavy atom. The number of aryl methyl sites for hydroxylation is 1. The summed E-state index contributed by atoms with van der Waals surface area (Å²) in [6.45, 7) is 3.76. The highest BCUT2D eigenvalue weighted by Crippen LogP contribution is 2.21. The third kappa shape index (κ3) is 4.39. The number of nitrogens with one attached hydrogen (secondary N) is 3. The smallest absolute Gasteiger partial charge is 0.267 e. The van der Waals surface area contributed by atoms with Crippen molar-refractivity contribution in [1.29, 1.82) is 0 Å². The first-order chi connectivity index (χ1) is 12.7. The standard InChI is InChI=1S/C21H23N3O2/c1-15-18(19-7-2-3-8-20(19)23-15)11-12-22-14-17-6-4-5-16(13-17)9-10-21(25)24-26/h2-10,13,22-23,26H,11-12,14H2,1H3,(H,24,25). The highest BCUT2D eigenvalue weighted by Gasteiger charge is 2.07. The Labute approximate surface area is 152 Å². The lowest BCUT2D eigenvalue weighted by Crippen LogP contribution is -2.17. The average molecular weight is 349 g/mol. The van der Waals surface area contributed by atoms with Crippen LogP contribution in [0.5, 0.6) is 0 Å². The van der Waals surface area contributed by atoms with E-state index in [0.29, 0.717) is 0 Å². The van der Waals surface area contributed by atoms with Gasteiger partial charge in [-0.3, -0.25) is 10.0 Å². The zero-order valence-corrected chi connectivity index (χ0v) is 14.8. The lowest BCUT2D eigenvalue weighted by atomic mass is 10.1. The average Bonchev–Trinajstić information content (AvgIpc) is 2.99. The topological polar surface area (TPSA) is 77.2 Å². The largest absolute Gasteiger partial charge is 0.358 e. The molecule has 1 aromatic heterocycles. The van der Waals surface area contributed by atoms with E-state index in [4.69, 9.17) is 5.21 Å². The van der Waals surface area contributed by atoms with Gasteiger partial charge in [-0.15, -0.1) is 0 Å². The van der Waals surface area contributed by atoms with Crippen LogP contribution in [0, 0.1) is 6.92 Å². The predicted molar refractivity (Wildman–Crippen MR) is 104 cm³/mol. The van der Waals surface area contributed by atoms with E-state index in [1.165, 1.54) is 28.2 Å². The van der Waals surface area contributed by atoms with E-state index in [1.54, 1.807) is 11.6 Å². The van der Waals surface area contributed by atoms with Crippen molar-refractivity contribution in [2.24, 2.45) is 0 Å². The van der Waals surface area contributed by atoms with Crippen molar-refractivity contribution in [1.82, 2.24) is 15.8 Å². The van der Waals surface area contributed by atoms with Crippen molar-refractivity contribution >= 4 is 22.9 Å². The molecule has 0 aliphatic heterocycles. The van der Waals surface area contributed by atoms with Gasteiger partial charge in [-0.05, 0) is 48.7 Å². The van der Waals surface area contributed by atoms with Crippen molar-refractivity contribution in [3.05, 3.63) is 77.0 Å². The quantitative estimate of drug-likeness (QED) is 0.229. The Kier molecular flexibility index (Phi) is 5.84. The summed E-state index contributed by atoms with van der Waals surface area (Å²) in [6, 6.07) is 16.3. The number of aromatic amines is 1. The summed E-state index contributed by atoms with van der Waals surface area (Å²) >= 11 is 0. The van der Waals surface area contributed by atoms with E-state index in [-0.39, 0.29) is 0 Å². The first-order valence-corrected chi connectivity index (χ1v) is 8.65. The number of hydrogen-bond donors (Lipinski definition) is 4. The molecule has 26 heavy (non-hydrogen) atoms. The molecule has 0 saturated carbocycles. The van der Waals surface area contributed by atoms with Gasteiger partial charge >= 0.3 is 0 Å². The fourth-order valence-corrected chi connectivity index (χ4v) is 3.12. The number of amides is 1. The van der Waals surface area contributed by atoms with E-state index >= 15 is 0 Å². The van der Waals surface area contributed by atoms with E-state index in [2.05, 4.69) is 35.4 Å². The van der Waals surface area contributed by atoms with Crippen molar-refractivity contribution in [3.63, 3.8) is 0 Å². The number of aromatic nitrogens is 1. The van der Waals surface area contributed by atoms with Crippen LogP contribution in [0.1, 0.15) is 22.4 Å². The van der Waals surface area contributed by atoms with E-state index in [1.807, 2.05) is 30.3 Å². The molecule has 5 heteroatoms. The molecule has 2 aromatic carbocycles. The van der Waals surface area contributed by atoms with Gasteiger partial charge in [0.1, 0.15) is 0 Å². The summed E-state index contributed by atoms with van der Waals surface area (Å²) < 4.78 is 0. The van der Waals surface area contributed by atoms with Gasteiger partial charge < -0.3 is 10.3 Å². The minimum atomic E-state index is -0.539. The molecular weight excluding hydrogens is 326 g/mol. The summed E-state index contributed by atoms with van der Waals surface area (Å²) in [5, 5.41) is 13.3. The van der Waals surface area contributed by atoms with Crippen LogP contribution in [-0.2, 0) is 17.8 Å². The summed E-state index contributed by atoms with van der Waals surface area (Å²) in [4.78, 5) is 14.5. The molecule has 0 atom stereocenters. The van der Waals surface area contributed by atoms with Gasteiger partial charge in [-0.2, -0.15) is 0 Å². The number of carbonyl (C=O) groups excluding carboxylic acids is 1. The van der Waals surface area contributed by atoms with Crippen LogP contribution in [-0.4, -0.2) is 22.6 Å². The molecule has 0 radical (unpaired) electrons. The van der Waals surface area contributed by atoms with Crippen LogP contribution < -0.4 is 10.8 Å². The summed E-state index contributed by atoms with van der Waals surface area (Å²) in [5.41, 5.74) is 7.42. The number of H-pyrrole nitrogens is 1. The summed E-state index contributed by atoms with van der Waals surface area (Å²) in [7, 11) is 0. The number of hydrogen-bond acceptors (Lipinski definition) is 3. The van der Waals surface area contributed by atoms with E-state index in [0.717, 1.165) is 30.6 Å². The van der Waals surface area contributed by atoms with Crippen LogP contribution in [0.25, 0.3) is 17.0 Å². The lowest BCUT2D eigenvalue weighted by molar-refractivity contribution is -0.124. The zero-order chi connectivity index (χ0) is 18.4. The van der Waals surface area contributed by atoms with Crippen LogP contribution in [0.15, 0.2) is 54.6 Å². The normalized spacial score (nSPS) is 11.3. The SMILES string of the molecule is Cc1[nH]c2ccccc2c1CCNCc1cccc(C=CC(=O)NO)c1. The van der Waals surface area contributed by atoms with Crippen LogP contribution >= 0.6 is 0 Å². The Balaban J connectivity index is 1.56. The third-order valence-electron chi connectivity index (χ3n) is 4.40. The molecule has 3 aromatic rings. The Morgan fingerprint density at radius 3 is 2.88 bits per heavy atom. The number of rotatable bonds is 7. The summed E-state index contributed by atoms with van der Waals surface area (Å²) in [6.07, 6.45) is 3.93. The lowest BCUT2D eigenvalue weighted by Gasteiger charge is -2.06. The zero-order valence-electron chi connectivity index (χ0n) is 14.8. The van der Waals surface area contributed by atoms with Crippen molar-refractivity contribution in [2.45, 2.75) is 19.9 Å². The van der Waals surface area contributed by atoms with E-state index in [9.17, 15) is 4.79 Å². The number of fused-ring (bicyclic) bond motifs is 1. The van der Waals surface area contributed by atoms with Crippen LogP contribution in [0.2, 0.25) is 0 Å². The molecule has 134 valence electrons. The van der Waals surface area contributed by atoms with Gasteiger partial charge in [-0.1, -0.05) is 42.5 Å². The maximum Gasteiger partial charge on any atom is 0.267 e. The molecule has 1 heterocycles. The number of carbonyl (C=O) groups is 1. The molecule has 4 N–H and O–H groups in total. The van der Waals surface area contributed by atoms with Crippen molar-refractivity contribution in [2.75, 3.05) is 6.54 Å². The minimum Gasteiger partial charge on any atom is -0.358 e. The fourth-order valence-electron chi connectivity index (χ4n) is 3.12. The first-order valence-electron chi connectivity index (χ1n) is 8.65. The molecule has 0 aliphatic carbocycles. The molecule has 3 rings (SSSR count). The Hall–Kier alpha value is -2.89. The third-order valence-corrected chi connectivity index (χ3v) is 4.40. The molecule has 1 amide bonds. The number of benzene rings is 2. The monoisotopic (exact) mass is 349 g/mol. The Bertz CT molecular complexity index is 928. The van der Waals surface area contributed by atoms with Gasteiger partial charge in [0, 0.05) is 29.2 Å². The van der Waals surface area contributed by atoms with Gasteiger partial charge in [-0.25, -0.2) is 5.48 Å². The van der Waals surface area contributed by atoms with Crippen molar-refractivity contribution < 1.29 is 10.0 Å². The van der Waals surface area contributed by atoms with Gasteiger partial charge in [0.05, 0.1) is 0 Å². The molecule has 0 bridgehead atoms. The highest BCUT2D eigenvalue weighted by molar-refractivity contribution is 5.90. The molecular formula is C21H23N3O2. The maximum absolute atomic E-state index is 11.1. The molecule has 0 spiro atoms. The van der Waals surface area contributed by atoms with Crippen molar-refractivity contribution in [3.8, 4) is 0 Å². The number of hydroxylamine groups is 1. The first kappa shape index (κ1) is 17.9. The molecule has 0 unspecified atom stereocenters. The molecule has 0 fully saturated rings. The van der Waals surface area contributed by atoms with Gasteiger partial charge in [0.25, 0.3) is 5.91 Å². The number of para-hydroxylation sites is 1. The van der Waals surface area contributed by atoms with Gasteiger partial charge in [0.2, 0.25) is 0 Å². The van der Waals surface area contributed by atoms with Gasteiger partial charge in [0.15, 0.2) is 0 Å². The fraction of sp³-hybridized carbons (Fsp3) is 0.190. The second kappa shape index (κ2) is 8.47. The highest BCUT2D eigenvalue weighted by atomic mass is 16.5. The maximum atomic E-state index is 11.1. The second-order valence-electron chi connectivity index (χ2n) is 6.26. The minimum absolute atomic E-state index is 0.539. The molecule has 5 nitrogen and oxygen atoms in total. The molecule has 0 saturated heterocycles. The van der Waals surface area contributed by atoms with Crippen LogP contribution in [0.4, 0.5) is 0 Å². The Morgan fingerprint density at radius 1 is 1.19 bits per heavy atom. The van der Waals surface area contributed by atoms with Crippen LogP contribution in [0.3, 0.4) is 0 Å². The molecule has 0 aliphatic rings. The summed E-state index contributed by atoms with van der Waals surface area (Å²) in [5.74, 6) is -0.539.